The van der Waals surface area contributed by atoms with Crippen LogP contribution in [-0.4, -0.2) is 26.6 Å². The van der Waals surface area contributed by atoms with E-state index in [0.717, 1.165) is 11.3 Å². The van der Waals surface area contributed by atoms with Gasteiger partial charge < -0.3 is 4.98 Å². The molecule has 0 aliphatic carbocycles. The average Bonchev–Trinajstić information content (AvgIpc) is 3.43. The van der Waals surface area contributed by atoms with Crippen molar-refractivity contribution in [3.63, 3.8) is 0 Å². The SMILES string of the molecule is O=C(NNC(=O)c1cn(-c2ccccc2)nc1-c1ccc(Cl)cc1)c1ccc[nH]1. The van der Waals surface area contributed by atoms with E-state index < -0.39 is 11.8 Å². The van der Waals surface area contributed by atoms with Crippen LogP contribution in [0.3, 0.4) is 0 Å². The summed E-state index contributed by atoms with van der Waals surface area (Å²) in [5.41, 5.74) is 7.47. The fraction of sp³-hybridized carbons (Fsp3) is 0. The Morgan fingerprint density at radius 3 is 2.31 bits per heavy atom. The van der Waals surface area contributed by atoms with Crippen LogP contribution in [0.5, 0.6) is 0 Å². The van der Waals surface area contributed by atoms with Crippen LogP contribution in [-0.2, 0) is 0 Å². The minimum atomic E-state index is -0.489. The number of benzene rings is 2. The number of aromatic amines is 1. The first-order valence-corrected chi connectivity index (χ1v) is 9.15. The summed E-state index contributed by atoms with van der Waals surface area (Å²) >= 11 is 5.98. The fourth-order valence-corrected chi connectivity index (χ4v) is 2.92. The summed E-state index contributed by atoms with van der Waals surface area (Å²) in [7, 11) is 0. The monoisotopic (exact) mass is 405 g/mol. The molecule has 0 saturated carbocycles. The van der Waals surface area contributed by atoms with Gasteiger partial charge in [0.25, 0.3) is 11.8 Å². The number of nitrogens with zero attached hydrogens (tertiary/aromatic N) is 2. The Kier molecular flexibility index (Phi) is 5.13. The third kappa shape index (κ3) is 4.04. The van der Waals surface area contributed by atoms with Gasteiger partial charge in [-0.3, -0.25) is 20.4 Å². The number of para-hydroxylation sites is 1. The first-order valence-electron chi connectivity index (χ1n) is 8.77. The molecule has 0 saturated heterocycles. The second-order valence-corrected chi connectivity index (χ2v) is 6.61. The zero-order valence-corrected chi connectivity index (χ0v) is 15.9. The van der Waals surface area contributed by atoms with Crippen molar-refractivity contribution in [2.75, 3.05) is 0 Å². The first kappa shape index (κ1) is 18.5. The maximum absolute atomic E-state index is 12.8. The lowest BCUT2D eigenvalue weighted by Gasteiger charge is -2.06. The smallest absolute Gasteiger partial charge is 0.286 e. The van der Waals surface area contributed by atoms with Crippen molar-refractivity contribution in [1.29, 1.82) is 0 Å². The summed E-state index contributed by atoms with van der Waals surface area (Å²) < 4.78 is 1.62. The number of halogens is 1. The molecule has 0 atom stereocenters. The number of H-pyrrole nitrogens is 1. The Hall–Kier alpha value is -3.84. The number of hydrogen-bond acceptors (Lipinski definition) is 3. The van der Waals surface area contributed by atoms with Crippen LogP contribution in [0, 0.1) is 0 Å². The number of aromatic nitrogens is 3. The molecule has 2 aromatic heterocycles. The molecule has 4 aromatic rings. The van der Waals surface area contributed by atoms with Crippen molar-refractivity contribution in [2.24, 2.45) is 0 Å². The van der Waals surface area contributed by atoms with E-state index in [1.165, 1.54) is 0 Å². The van der Waals surface area contributed by atoms with Gasteiger partial charge in [-0.25, -0.2) is 4.68 Å². The lowest BCUT2D eigenvalue weighted by Crippen LogP contribution is -2.41. The number of carbonyl (C=O) groups excluding carboxylic acids is 2. The molecule has 0 bridgehead atoms. The Labute approximate surface area is 171 Å². The molecule has 2 heterocycles. The van der Waals surface area contributed by atoms with Gasteiger partial charge in [-0.1, -0.05) is 41.9 Å². The van der Waals surface area contributed by atoms with Crippen LogP contribution >= 0.6 is 11.6 Å². The fourth-order valence-electron chi connectivity index (χ4n) is 2.79. The highest BCUT2D eigenvalue weighted by atomic mass is 35.5. The van der Waals surface area contributed by atoms with E-state index in [1.54, 1.807) is 53.5 Å². The summed E-state index contributed by atoms with van der Waals surface area (Å²) in [6.07, 6.45) is 3.24. The summed E-state index contributed by atoms with van der Waals surface area (Å²) in [5, 5.41) is 5.16. The van der Waals surface area contributed by atoms with Gasteiger partial charge in [0.1, 0.15) is 11.4 Å². The summed E-state index contributed by atoms with van der Waals surface area (Å²) in [6.45, 7) is 0. The molecule has 0 radical (unpaired) electrons. The molecule has 0 unspecified atom stereocenters. The largest absolute Gasteiger partial charge is 0.357 e. The summed E-state index contributed by atoms with van der Waals surface area (Å²) in [4.78, 5) is 27.7. The zero-order chi connectivity index (χ0) is 20.2. The van der Waals surface area contributed by atoms with Gasteiger partial charge in [0.2, 0.25) is 0 Å². The molecular weight excluding hydrogens is 390 g/mol. The van der Waals surface area contributed by atoms with E-state index >= 15 is 0 Å². The molecule has 2 aromatic carbocycles. The van der Waals surface area contributed by atoms with Crippen LogP contribution in [0.4, 0.5) is 0 Å². The maximum atomic E-state index is 12.8. The van der Waals surface area contributed by atoms with Crippen molar-refractivity contribution >= 4 is 23.4 Å². The van der Waals surface area contributed by atoms with Gasteiger partial charge in [-0.2, -0.15) is 5.10 Å². The first-order chi connectivity index (χ1) is 14.1. The molecule has 7 nitrogen and oxygen atoms in total. The lowest BCUT2D eigenvalue weighted by atomic mass is 10.1. The van der Waals surface area contributed by atoms with Gasteiger partial charge in [-0.15, -0.1) is 0 Å². The van der Waals surface area contributed by atoms with E-state index in [2.05, 4.69) is 20.9 Å². The molecule has 0 spiro atoms. The highest BCUT2D eigenvalue weighted by molar-refractivity contribution is 6.30. The Bertz CT molecular complexity index is 1140. The Morgan fingerprint density at radius 2 is 1.62 bits per heavy atom. The van der Waals surface area contributed by atoms with E-state index in [4.69, 9.17) is 11.6 Å². The van der Waals surface area contributed by atoms with E-state index in [9.17, 15) is 9.59 Å². The maximum Gasteiger partial charge on any atom is 0.286 e. The molecule has 8 heteroatoms. The number of carbonyl (C=O) groups is 2. The topological polar surface area (TPSA) is 91.8 Å². The van der Waals surface area contributed by atoms with E-state index in [1.807, 2.05) is 30.3 Å². The molecule has 4 rings (SSSR count). The summed E-state index contributed by atoms with van der Waals surface area (Å²) in [6, 6.07) is 19.8. The van der Waals surface area contributed by atoms with E-state index in [0.29, 0.717) is 22.0 Å². The average molecular weight is 406 g/mol. The second-order valence-electron chi connectivity index (χ2n) is 6.17. The minimum absolute atomic E-state index is 0.308. The standard InChI is InChI=1S/C21H16ClN5O2/c22-15-10-8-14(9-11-15)19-17(13-27(26-19)16-5-2-1-3-6-16)20(28)24-25-21(29)18-7-4-12-23-18/h1-13,23H,(H,24,28)(H,25,29). The normalized spacial score (nSPS) is 10.5. The minimum Gasteiger partial charge on any atom is -0.357 e. The van der Waals surface area contributed by atoms with Crippen molar-refractivity contribution in [1.82, 2.24) is 25.6 Å². The highest BCUT2D eigenvalue weighted by Gasteiger charge is 2.19. The van der Waals surface area contributed by atoms with E-state index in [-0.39, 0.29) is 0 Å². The summed E-state index contributed by atoms with van der Waals surface area (Å²) in [5.74, 6) is -0.941. The van der Waals surface area contributed by atoms with Gasteiger partial charge in [0.15, 0.2) is 0 Å². The number of hydrazine groups is 1. The second kappa shape index (κ2) is 8.04. The van der Waals surface area contributed by atoms with Gasteiger partial charge >= 0.3 is 0 Å². The van der Waals surface area contributed by atoms with Crippen molar-refractivity contribution < 1.29 is 9.59 Å². The molecule has 2 amide bonds. The van der Waals surface area contributed by atoms with Crippen LogP contribution in [0.25, 0.3) is 16.9 Å². The number of hydrogen-bond donors (Lipinski definition) is 3. The van der Waals surface area contributed by atoms with Crippen LogP contribution < -0.4 is 10.9 Å². The number of nitrogens with one attached hydrogen (secondary N) is 3. The number of rotatable bonds is 4. The predicted molar refractivity (Wildman–Crippen MR) is 110 cm³/mol. The lowest BCUT2D eigenvalue weighted by molar-refractivity contribution is 0.0844. The third-order valence-corrected chi connectivity index (χ3v) is 4.48. The molecule has 0 fully saturated rings. The van der Waals surface area contributed by atoms with Crippen molar-refractivity contribution in [3.05, 3.63) is 95.4 Å². The predicted octanol–water partition coefficient (Wildman–Crippen LogP) is 3.60. The van der Waals surface area contributed by atoms with Gasteiger partial charge in [0, 0.05) is 23.0 Å². The van der Waals surface area contributed by atoms with Crippen molar-refractivity contribution in [2.45, 2.75) is 0 Å². The Morgan fingerprint density at radius 1 is 0.897 bits per heavy atom. The van der Waals surface area contributed by atoms with Crippen molar-refractivity contribution in [3.8, 4) is 16.9 Å². The molecule has 0 aliphatic heterocycles. The van der Waals surface area contributed by atoms with Crippen LogP contribution in [0.1, 0.15) is 20.8 Å². The highest BCUT2D eigenvalue weighted by Crippen LogP contribution is 2.25. The number of amides is 2. The van der Waals surface area contributed by atoms with Gasteiger partial charge in [0.05, 0.1) is 11.3 Å². The van der Waals surface area contributed by atoms with Crippen LogP contribution in [0.15, 0.2) is 79.1 Å². The van der Waals surface area contributed by atoms with Crippen LogP contribution in [0.2, 0.25) is 5.02 Å². The zero-order valence-electron chi connectivity index (χ0n) is 15.1. The Balaban J connectivity index is 1.65. The quantitative estimate of drug-likeness (QED) is 0.453. The van der Waals surface area contributed by atoms with Gasteiger partial charge in [-0.05, 0) is 36.4 Å². The molecular formula is C21H16ClN5O2. The third-order valence-electron chi connectivity index (χ3n) is 4.23. The molecule has 3 N–H and O–H groups in total. The molecule has 29 heavy (non-hydrogen) atoms. The molecule has 144 valence electrons. The molecule has 0 aliphatic rings.